The highest BCUT2D eigenvalue weighted by Gasteiger charge is 2.30. The molecule has 26 heavy (non-hydrogen) atoms. The molecule has 0 N–H and O–H groups in total. The lowest BCUT2D eigenvalue weighted by Gasteiger charge is -2.33. The summed E-state index contributed by atoms with van der Waals surface area (Å²) in [7, 11) is 2.10. The van der Waals surface area contributed by atoms with Gasteiger partial charge in [0, 0.05) is 45.3 Å². The van der Waals surface area contributed by atoms with Crippen molar-refractivity contribution in [3.63, 3.8) is 0 Å². The summed E-state index contributed by atoms with van der Waals surface area (Å²) in [4.78, 5) is 39.5. The Labute approximate surface area is 154 Å². The number of hydrogen-bond donors (Lipinski definition) is 0. The van der Waals surface area contributed by atoms with E-state index in [9.17, 15) is 9.59 Å². The zero-order valence-electron chi connectivity index (χ0n) is 15.6. The lowest BCUT2D eigenvalue weighted by atomic mass is 9.98. The number of nitrogens with zero attached hydrogens (tertiary/aromatic N) is 5. The lowest BCUT2D eigenvalue weighted by molar-refractivity contribution is -0.149. The van der Waals surface area contributed by atoms with Crippen molar-refractivity contribution in [2.75, 3.05) is 57.8 Å². The van der Waals surface area contributed by atoms with Crippen molar-refractivity contribution >= 4 is 17.7 Å². The summed E-state index contributed by atoms with van der Waals surface area (Å²) in [5, 5.41) is 0. The van der Waals surface area contributed by atoms with Gasteiger partial charge in [-0.1, -0.05) is 0 Å². The van der Waals surface area contributed by atoms with E-state index in [0.29, 0.717) is 25.4 Å². The molecule has 0 saturated carbocycles. The molecule has 2 saturated heterocycles. The first-order valence-corrected chi connectivity index (χ1v) is 9.30. The van der Waals surface area contributed by atoms with Crippen LogP contribution in [0.5, 0.6) is 0 Å². The van der Waals surface area contributed by atoms with Crippen LogP contribution < -0.4 is 4.90 Å². The fourth-order valence-corrected chi connectivity index (χ4v) is 3.45. The largest absolute Gasteiger partial charge is 0.466 e. The van der Waals surface area contributed by atoms with Gasteiger partial charge < -0.3 is 19.4 Å². The van der Waals surface area contributed by atoms with E-state index < -0.39 is 0 Å². The minimum Gasteiger partial charge on any atom is -0.466 e. The molecule has 1 unspecified atom stereocenters. The zero-order chi connectivity index (χ0) is 18.5. The fourth-order valence-electron chi connectivity index (χ4n) is 3.45. The van der Waals surface area contributed by atoms with Crippen LogP contribution in [0.1, 0.15) is 30.3 Å². The topological polar surface area (TPSA) is 78.9 Å². The van der Waals surface area contributed by atoms with Crippen LogP contribution in [-0.4, -0.2) is 84.6 Å². The number of hydrogen-bond acceptors (Lipinski definition) is 7. The van der Waals surface area contributed by atoms with Crippen LogP contribution in [0.15, 0.2) is 12.4 Å². The van der Waals surface area contributed by atoms with Gasteiger partial charge >= 0.3 is 5.97 Å². The van der Waals surface area contributed by atoms with E-state index in [1.54, 1.807) is 17.9 Å². The SMILES string of the molecule is CCOC(=O)C1CCCN(C(=O)c2cc(N3CCN(C)CC3)ncn2)C1. The third-order valence-electron chi connectivity index (χ3n) is 5.03. The van der Waals surface area contributed by atoms with Crippen molar-refractivity contribution < 1.29 is 14.3 Å². The van der Waals surface area contributed by atoms with Crippen LogP contribution in [0.3, 0.4) is 0 Å². The average Bonchev–Trinajstić information content (AvgIpc) is 2.68. The van der Waals surface area contributed by atoms with Gasteiger partial charge in [0.2, 0.25) is 0 Å². The predicted molar refractivity (Wildman–Crippen MR) is 97.0 cm³/mol. The average molecular weight is 361 g/mol. The fraction of sp³-hybridized carbons (Fsp3) is 0.667. The summed E-state index contributed by atoms with van der Waals surface area (Å²) < 4.78 is 5.11. The van der Waals surface area contributed by atoms with Gasteiger partial charge in [0.25, 0.3) is 5.91 Å². The first-order chi connectivity index (χ1) is 12.6. The lowest BCUT2D eigenvalue weighted by Crippen LogP contribution is -2.45. The molecule has 2 aliphatic heterocycles. The van der Waals surface area contributed by atoms with Crippen LogP contribution >= 0.6 is 0 Å². The summed E-state index contributed by atoms with van der Waals surface area (Å²) in [6.07, 6.45) is 3.01. The molecule has 2 aliphatic rings. The van der Waals surface area contributed by atoms with Gasteiger partial charge in [-0.3, -0.25) is 9.59 Å². The molecule has 0 aromatic carbocycles. The zero-order valence-corrected chi connectivity index (χ0v) is 15.6. The Balaban J connectivity index is 1.67. The number of rotatable bonds is 4. The second kappa shape index (κ2) is 8.44. The van der Waals surface area contributed by atoms with E-state index in [2.05, 4.69) is 26.8 Å². The molecule has 1 amide bonds. The van der Waals surface area contributed by atoms with Gasteiger partial charge in [-0.25, -0.2) is 9.97 Å². The van der Waals surface area contributed by atoms with Crippen molar-refractivity contribution in [1.82, 2.24) is 19.8 Å². The van der Waals surface area contributed by atoms with Crippen molar-refractivity contribution in [3.05, 3.63) is 18.1 Å². The maximum Gasteiger partial charge on any atom is 0.310 e. The second-order valence-corrected chi connectivity index (χ2v) is 6.89. The monoisotopic (exact) mass is 361 g/mol. The van der Waals surface area contributed by atoms with Crippen LogP contribution in [0, 0.1) is 5.92 Å². The third kappa shape index (κ3) is 4.30. The Bertz CT molecular complexity index is 645. The number of esters is 1. The van der Waals surface area contributed by atoms with E-state index in [1.165, 1.54) is 6.33 Å². The number of likely N-dealkylation sites (tertiary alicyclic amines) is 1. The Morgan fingerprint density at radius 2 is 1.96 bits per heavy atom. The number of aromatic nitrogens is 2. The minimum atomic E-state index is -0.244. The highest BCUT2D eigenvalue weighted by Crippen LogP contribution is 2.21. The van der Waals surface area contributed by atoms with E-state index in [-0.39, 0.29) is 17.8 Å². The number of amides is 1. The first-order valence-electron chi connectivity index (χ1n) is 9.30. The molecule has 1 aromatic heterocycles. The number of piperidine rings is 1. The van der Waals surface area contributed by atoms with Gasteiger partial charge in [0.15, 0.2) is 0 Å². The highest BCUT2D eigenvalue weighted by atomic mass is 16.5. The number of likely N-dealkylation sites (N-methyl/N-ethyl adjacent to an activating group) is 1. The molecule has 0 bridgehead atoms. The number of anilines is 1. The number of carbonyl (C=O) groups is 2. The Morgan fingerprint density at radius 1 is 1.19 bits per heavy atom. The number of carbonyl (C=O) groups excluding carboxylic acids is 2. The van der Waals surface area contributed by atoms with Crippen LogP contribution in [0.25, 0.3) is 0 Å². The quantitative estimate of drug-likeness (QED) is 0.728. The molecule has 8 nitrogen and oxygen atoms in total. The molecular formula is C18H27N5O3. The molecule has 2 fully saturated rings. The number of piperazine rings is 1. The maximum atomic E-state index is 12.9. The van der Waals surface area contributed by atoms with Crippen LogP contribution in [-0.2, 0) is 9.53 Å². The molecule has 3 heterocycles. The molecule has 0 radical (unpaired) electrons. The summed E-state index contributed by atoms with van der Waals surface area (Å²) >= 11 is 0. The first kappa shape index (κ1) is 18.6. The molecular weight excluding hydrogens is 334 g/mol. The molecule has 0 spiro atoms. The molecule has 3 rings (SSSR count). The van der Waals surface area contributed by atoms with Crippen molar-refractivity contribution in [2.24, 2.45) is 5.92 Å². The minimum absolute atomic E-state index is 0.142. The van der Waals surface area contributed by atoms with E-state index in [4.69, 9.17) is 4.74 Å². The van der Waals surface area contributed by atoms with E-state index in [1.807, 2.05) is 0 Å². The van der Waals surface area contributed by atoms with Crippen molar-refractivity contribution in [2.45, 2.75) is 19.8 Å². The molecule has 8 heteroatoms. The smallest absolute Gasteiger partial charge is 0.310 e. The van der Waals surface area contributed by atoms with Gasteiger partial charge in [-0.2, -0.15) is 0 Å². The summed E-state index contributed by atoms with van der Waals surface area (Å²) in [6.45, 7) is 6.91. The summed E-state index contributed by atoms with van der Waals surface area (Å²) in [5.41, 5.74) is 0.387. The summed E-state index contributed by atoms with van der Waals surface area (Å²) in [5.74, 6) is 0.185. The maximum absolute atomic E-state index is 12.9. The van der Waals surface area contributed by atoms with Gasteiger partial charge in [-0.05, 0) is 26.8 Å². The Morgan fingerprint density at radius 3 is 2.69 bits per heavy atom. The molecule has 142 valence electrons. The molecule has 1 aromatic rings. The standard InChI is InChI=1S/C18H27N5O3/c1-3-26-18(25)14-5-4-6-23(12-14)17(24)15-11-16(20-13-19-15)22-9-7-21(2)8-10-22/h11,13-14H,3-10,12H2,1-2H3. The van der Waals surface area contributed by atoms with Gasteiger partial charge in [-0.15, -0.1) is 0 Å². The van der Waals surface area contributed by atoms with E-state index in [0.717, 1.165) is 44.8 Å². The van der Waals surface area contributed by atoms with Crippen molar-refractivity contribution in [1.29, 1.82) is 0 Å². The molecule has 0 aliphatic carbocycles. The van der Waals surface area contributed by atoms with Gasteiger partial charge in [0.05, 0.1) is 12.5 Å². The van der Waals surface area contributed by atoms with Crippen LogP contribution in [0.4, 0.5) is 5.82 Å². The van der Waals surface area contributed by atoms with Crippen LogP contribution in [0.2, 0.25) is 0 Å². The Hall–Kier alpha value is -2.22. The highest BCUT2D eigenvalue weighted by molar-refractivity contribution is 5.93. The number of ether oxygens (including phenoxy) is 1. The molecule has 1 atom stereocenters. The Kier molecular flexibility index (Phi) is 6.03. The predicted octanol–water partition coefficient (Wildman–Crippen LogP) is 0.644. The van der Waals surface area contributed by atoms with E-state index >= 15 is 0 Å². The van der Waals surface area contributed by atoms with Gasteiger partial charge in [0.1, 0.15) is 17.8 Å². The second-order valence-electron chi connectivity index (χ2n) is 6.89. The third-order valence-corrected chi connectivity index (χ3v) is 5.03. The normalized spacial score (nSPS) is 21.5. The summed E-state index contributed by atoms with van der Waals surface area (Å²) in [6, 6.07) is 1.77. The van der Waals surface area contributed by atoms with Crippen molar-refractivity contribution in [3.8, 4) is 0 Å².